The molecule has 0 unspecified atom stereocenters. The number of hydrogen-bond donors (Lipinski definition) is 2. The zero-order valence-electron chi connectivity index (χ0n) is 12.5. The van der Waals surface area contributed by atoms with Gasteiger partial charge >= 0.3 is 0 Å². The molecule has 0 bridgehead atoms. The average molecular weight is 287 g/mol. The third kappa shape index (κ3) is 4.30. The predicted octanol–water partition coefficient (Wildman–Crippen LogP) is 1.62. The van der Waals surface area contributed by atoms with Crippen molar-refractivity contribution < 1.29 is 4.79 Å². The van der Waals surface area contributed by atoms with Gasteiger partial charge in [-0.2, -0.15) is 0 Å². The number of hydrogen-bond acceptors (Lipinski definition) is 4. The molecule has 112 valence electrons. The van der Waals surface area contributed by atoms with E-state index >= 15 is 0 Å². The van der Waals surface area contributed by atoms with E-state index in [0.29, 0.717) is 6.54 Å². The fraction of sp³-hybridized carbons (Fsp3) is 0.400. The first-order chi connectivity index (χ1) is 10.2. The van der Waals surface area contributed by atoms with Gasteiger partial charge < -0.3 is 10.2 Å². The number of amides is 1. The van der Waals surface area contributed by atoms with Crippen LogP contribution in [0, 0.1) is 0 Å². The second kappa shape index (κ2) is 7.42. The van der Waals surface area contributed by atoms with Crippen LogP contribution in [0.3, 0.4) is 0 Å². The highest BCUT2D eigenvalue weighted by Gasteiger charge is 2.10. The number of para-hydroxylation sites is 1. The molecule has 0 saturated heterocycles. The summed E-state index contributed by atoms with van der Waals surface area (Å²) in [6.45, 7) is 3.44. The van der Waals surface area contributed by atoms with Gasteiger partial charge in [-0.15, -0.1) is 5.10 Å². The average Bonchev–Trinajstić information content (AvgIpc) is 3.01. The van der Waals surface area contributed by atoms with Crippen LogP contribution >= 0.6 is 0 Å². The fourth-order valence-corrected chi connectivity index (χ4v) is 1.96. The van der Waals surface area contributed by atoms with Crippen LogP contribution in [0.1, 0.15) is 29.8 Å². The summed E-state index contributed by atoms with van der Waals surface area (Å²) >= 11 is 0. The Balaban J connectivity index is 1.71. The van der Waals surface area contributed by atoms with Crippen LogP contribution in [0.2, 0.25) is 0 Å². The van der Waals surface area contributed by atoms with Gasteiger partial charge in [0.15, 0.2) is 0 Å². The molecule has 21 heavy (non-hydrogen) atoms. The van der Waals surface area contributed by atoms with Crippen molar-refractivity contribution in [2.75, 3.05) is 25.0 Å². The Morgan fingerprint density at radius 3 is 2.76 bits per heavy atom. The molecule has 6 nitrogen and oxygen atoms in total. The lowest BCUT2D eigenvalue weighted by atomic mass is 10.3. The molecule has 1 heterocycles. The minimum Gasteiger partial charge on any atom is -0.375 e. The minimum atomic E-state index is -0.228. The molecule has 0 aliphatic rings. The molecule has 0 atom stereocenters. The number of nitrogens with zero attached hydrogens (tertiary/aromatic N) is 3. The molecule has 2 aromatic rings. The lowest BCUT2D eigenvalue weighted by Gasteiger charge is -2.18. The van der Waals surface area contributed by atoms with Crippen molar-refractivity contribution in [1.82, 2.24) is 20.5 Å². The number of rotatable bonds is 7. The number of H-pyrrole nitrogens is 1. The molecule has 2 N–H and O–H groups in total. The molecule has 6 heteroatoms. The van der Waals surface area contributed by atoms with Crippen LogP contribution < -0.4 is 10.2 Å². The summed E-state index contributed by atoms with van der Waals surface area (Å²) in [6.07, 6.45) is 1.60. The standard InChI is InChI=1S/C15H21N5O/c1-3-13-17-14(19-18-13)15(21)16-10-7-11-20(2)12-8-5-4-6-9-12/h4-6,8-9H,3,7,10-11H2,1-2H3,(H,16,21)(H,17,18,19). The maximum absolute atomic E-state index is 11.8. The van der Waals surface area contributed by atoms with Gasteiger partial charge in [-0.25, -0.2) is 4.98 Å². The highest BCUT2D eigenvalue weighted by atomic mass is 16.2. The molecule has 0 aliphatic carbocycles. The monoisotopic (exact) mass is 287 g/mol. The van der Waals surface area contributed by atoms with Crippen LogP contribution in [-0.2, 0) is 6.42 Å². The Kier molecular flexibility index (Phi) is 5.31. The quantitative estimate of drug-likeness (QED) is 0.759. The van der Waals surface area contributed by atoms with E-state index in [2.05, 4.69) is 37.5 Å². The van der Waals surface area contributed by atoms with Crippen molar-refractivity contribution >= 4 is 11.6 Å². The Hall–Kier alpha value is -2.37. The summed E-state index contributed by atoms with van der Waals surface area (Å²) in [5.74, 6) is 0.709. The summed E-state index contributed by atoms with van der Waals surface area (Å²) < 4.78 is 0. The van der Waals surface area contributed by atoms with E-state index in [1.54, 1.807) is 0 Å². The first kappa shape index (κ1) is 15.0. The van der Waals surface area contributed by atoms with Crippen molar-refractivity contribution in [2.45, 2.75) is 19.8 Å². The summed E-state index contributed by atoms with van der Waals surface area (Å²) in [4.78, 5) is 18.1. The molecule has 1 aromatic carbocycles. The fourth-order valence-electron chi connectivity index (χ4n) is 1.96. The van der Waals surface area contributed by atoms with Crippen molar-refractivity contribution in [3.8, 4) is 0 Å². The van der Waals surface area contributed by atoms with Crippen LogP contribution in [0.4, 0.5) is 5.69 Å². The summed E-state index contributed by atoms with van der Waals surface area (Å²) in [6, 6.07) is 10.2. The summed E-state index contributed by atoms with van der Waals surface area (Å²) in [5, 5.41) is 9.46. The maximum atomic E-state index is 11.8. The molecule has 0 aliphatic heterocycles. The number of carbonyl (C=O) groups is 1. The first-order valence-corrected chi connectivity index (χ1v) is 7.16. The summed E-state index contributed by atoms with van der Waals surface area (Å²) in [5.41, 5.74) is 1.17. The van der Waals surface area contributed by atoms with E-state index in [1.807, 2.05) is 32.2 Å². The van der Waals surface area contributed by atoms with E-state index < -0.39 is 0 Å². The lowest BCUT2D eigenvalue weighted by Crippen LogP contribution is -2.28. The Bertz CT molecular complexity index is 566. The molecule has 0 radical (unpaired) electrons. The second-order valence-electron chi connectivity index (χ2n) is 4.83. The Morgan fingerprint density at radius 1 is 1.33 bits per heavy atom. The van der Waals surface area contributed by atoms with Crippen molar-refractivity contribution in [3.05, 3.63) is 42.0 Å². The van der Waals surface area contributed by atoms with E-state index in [-0.39, 0.29) is 11.7 Å². The SMILES string of the molecule is CCc1nc(C(=O)NCCCN(C)c2ccccc2)n[nH]1. The zero-order chi connectivity index (χ0) is 15.1. The number of carbonyl (C=O) groups excluding carboxylic acids is 1. The first-order valence-electron chi connectivity index (χ1n) is 7.16. The molecule has 1 amide bonds. The number of benzene rings is 1. The van der Waals surface area contributed by atoms with Gasteiger partial charge in [-0.1, -0.05) is 25.1 Å². The van der Waals surface area contributed by atoms with E-state index in [1.165, 1.54) is 5.69 Å². The molecule has 0 fully saturated rings. The van der Waals surface area contributed by atoms with Crippen LogP contribution in [0.15, 0.2) is 30.3 Å². The van der Waals surface area contributed by atoms with Crippen LogP contribution in [0.25, 0.3) is 0 Å². The molecule has 0 saturated carbocycles. The molecular formula is C15H21N5O. The van der Waals surface area contributed by atoms with Gasteiger partial charge in [0, 0.05) is 32.2 Å². The number of aromatic amines is 1. The largest absolute Gasteiger partial charge is 0.375 e. The van der Waals surface area contributed by atoms with Crippen molar-refractivity contribution in [1.29, 1.82) is 0 Å². The molecular weight excluding hydrogens is 266 g/mol. The number of anilines is 1. The lowest BCUT2D eigenvalue weighted by molar-refractivity contribution is 0.0943. The number of aromatic nitrogens is 3. The normalized spacial score (nSPS) is 10.4. The van der Waals surface area contributed by atoms with Crippen LogP contribution in [-0.4, -0.2) is 41.2 Å². The zero-order valence-corrected chi connectivity index (χ0v) is 12.5. The third-order valence-corrected chi connectivity index (χ3v) is 3.22. The number of nitrogens with one attached hydrogen (secondary N) is 2. The minimum absolute atomic E-state index is 0.211. The van der Waals surface area contributed by atoms with Gasteiger partial charge in [-0.05, 0) is 18.6 Å². The smallest absolute Gasteiger partial charge is 0.290 e. The molecule has 0 spiro atoms. The molecule has 1 aromatic heterocycles. The van der Waals surface area contributed by atoms with Gasteiger partial charge in [0.05, 0.1) is 0 Å². The predicted molar refractivity (Wildman–Crippen MR) is 82.4 cm³/mol. The topological polar surface area (TPSA) is 73.9 Å². The van der Waals surface area contributed by atoms with Gasteiger partial charge in [0.2, 0.25) is 5.82 Å². The third-order valence-electron chi connectivity index (χ3n) is 3.22. The van der Waals surface area contributed by atoms with Crippen molar-refractivity contribution in [3.63, 3.8) is 0 Å². The van der Waals surface area contributed by atoms with Gasteiger partial charge in [0.1, 0.15) is 5.82 Å². The molecule has 2 rings (SSSR count). The van der Waals surface area contributed by atoms with Gasteiger partial charge in [-0.3, -0.25) is 9.89 Å². The number of aryl methyl sites for hydroxylation is 1. The van der Waals surface area contributed by atoms with Crippen LogP contribution in [0.5, 0.6) is 0 Å². The maximum Gasteiger partial charge on any atom is 0.290 e. The Morgan fingerprint density at radius 2 is 2.10 bits per heavy atom. The second-order valence-corrected chi connectivity index (χ2v) is 4.83. The summed E-state index contributed by atoms with van der Waals surface area (Å²) in [7, 11) is 2.04. The van der Waals surface area contributed by atoms with E-state index in [9.17, 15) is 4.79 Å². The Labute approximate surface area is 124 Å². The highest BCUT2D eigenvalue weighted by molar-refractivity contribution is 5.90. The highest BCUT2D eigenvalue weighted by Crippen LogP contribution is 2.10. The van der Waals surface area contributed by atoms with E-state index in [0.717, 1.165) is 25.2 Å². The van der Waals surface area contributed by atoms with E-state index in [4.69, 9.17) is 0 Å². The van der Waals surface area contributed by atoms with Crippen molar-refractivity contribution in [2.24, 2.45) is 0 Å². The van der Waals surface area contributed by atoms with Gasteiger partial charge in [0.25, 0.3) is 5.91 Å².